The Morgan fingerprint density at radius 1 is 1.50 bits per heavy atom. The molecule has 1 aliphatic heterocycles. The summed E-state index contributed by atoms with van der Waals surface area (Å²) in [6.07, 6.45) is 3.99. The van der Waals surface area contributed by atoms with Crippen molar-refractivity contribution in [3.8, 4) is 0 Å². The normalized spacial score (nSPS) is 20.9. The summed E-state index contributed by atoms with van der Waals surface area (Å²) in [7, 11) is 0. The average molecular weight is 218 g/mol. The van der Waals surface area contributed by atoms with Gasteiger partial charge in [0.2, 0.25) is 0 Å². The number of ketones is 1. The molecule has 1 aliphatic rings. The van der Waals surface area contributed by atoms with Crippen LogP contribution in [0.5, 0.6) is 0 Å². The highest BCUT2D eigenvalue weighted by Crippen LogP contribution is 2.22. The van der Waals surface area contributed by atoms with E-state index in [1.54, 1.807) is 6.92 Å². The van der Waals surface area contributed by atoms with Crippen molar-refractivity contribution < 1.29 is 4.79 Å². The predicted octanol–water partition coefficient (Wildman–Crippen LogP) is 2.20. The van der Waals surface area contributed by atoms with E-state index in [2.05, 4.69) is 16.0 Å². The molecule has 1 fully saturated rings. The van der Waals surface area contributed by atoms with Crippen molar-refractivity contribution in [3.05, 3.63) is 23.9 Å². The standard InChI is InChI=1S/C13H18N2O/c1-10-5-6-13(14-8-10)15-7-3-4-12(9-15)11(2)16/h5-6,8,12H,3-4,7,9H2,1-2H3. The van der Waals surface area contributed by atoms with Crippen LogP contribution in [-0.4, -0.2) is 23.9 Å². The molecular weight excluding hydrogens is 200 g/mol. The molecular formula is C13H18N2O. The Morgan fingerprint density at radius 2 is 2.31 bits per heavy atom. The van der Waals surface area contributed by atoms with E-state index in [4.69, 9.17) is 0 Å². The van der Waals surface area contributed by atoms with Gasteiger partial charge in [0.25, 0.3) is 0 Å². The number of hydrogen-bond acceptors (Lipinski definition) is 3. The molecule has 0 spiro atoms. The number of carbonyl (C=O) groups excluding carboxylic acids is 1. The fraction of sp³-hybridized carbons (Fsp3) is 0.538. The van der Waals surface area contributed by atoms with E-state index in [-0.39, 0.29) is 5.92 Å². The zero-order valence-electron chi connectivity index (χ0n) is 9.94. The zero-order chi connectivity index (χ0) is 11.5. The topological polar surface area (TPSA) is 33.2 Å². The van der Waals surface area contributed by atoms with Crippen LogP contribution in [0.2, 0.25) is 0 Å². The Hall–Kier alpha value is -1.38. The summed E-state index contributed by atoms with van der Waals surface area (Å²) >= 11 is 0. The molecule has 0 aliphatic carbocycles. The minimum absolute atomic E-state index is 0.192. The molecule has 1 aromatic heterocycles. The van der Waals surface area contributed by atoms with E-state index in [9.17, 15) is 4.79 Å². The van der Waals surface area contributed by atoms with Gasteiger partial charge in [0.15, 0.2) is 0 Å². The highest BCUT2D eigenvalue weighted by molar-refractivity contribution is 5.79. The molecule has 1 atom stereocenters. The molecule has 0 amide bonds. The molecule has 0 N–H and O–H groups in total. The molecule has 1 unspecified atom stereocenters. The van der Waals surface area contributed by atoms with Gasteiger partial charge in [-0.15, -0.1) is 0 Å². The van der Waals surface area contributed by atoms with Gasteiger partial charge in [-0.25, -0.2) is 4.98 Å². The van der Waals surface area contributed by atoms with Gasteiger partial charge in [-0.3, -0.25) is 4.79 Å². The van der Waals surface area contributed by atoms with Crippen LogP contribution in [-0.2, 0) is 4.79 Å². The quantitative estimate of drug-likeness (QED) is 0.763. The van der Waals surface area contributed by atoms with Crippen LogP contribution in [0.25, 0.3) is 0 Å². The maximum atomic E-state index is 11.4. The van der Waals surface area contributed by atoms with E-state index >= 15 is 0 Å². The van der Waals surface area contributed by atoms with Crippen molar-refractivity contribution in [2.75, 3.05) is 18.0 Å². The Kier molecular flexibility index (Phi) is 3.22. The first-order chi connectivity index (χ1) is 7.66. The molecule has 3 heteroatoms. The summed E-state index contributed by atoms with van der Waals surface area (Å²) in [5, 5.41) is 0. The smallest absolute Gasteiger partial charge is 0.134 e. The van der Waals surface area contributed by atoms with E-state index < -0.39 is 0 Å². The zero-order valence-corrected chi connectivity index (χ0v) is 9.94. The highest BCUT2D eigenvalue weighted by atomic mass is 16.1. The molecule has 1 saturated heterocycles. The third-order valence-corrected chi connectivity index (χ3v) is 3.22. The molecule has 3 nitrogen and oxygen atoms in total. The Labute approximate surface area is 96.5 Å². The summed E-state index contributed by atoms with van der Waals surface area (Å²) in [4.78, 5) is 18.0. The minimum Gasteiger partial charge on any atom is -0.356 e. The number of pyridine rings is 1. The molecule has 2 heterocycles. The summed E-state index contributed by atoms with van der Waals surface area (Å²) < 4.78 is 0. The van der Waals surface area contributed by atoms with E-state index in [1.165, 1.54) is 5.56 Å². The summed E-state index contributed by atoms with van der Waals surface area (Å²) in [6, 6.07) is 4.11. The Bertz CT molecular complexity index is 372. The number of hydrogen-bond donors (Lipinski definition) is 0. The number of nitrogens with zero attached hydrogens (tertiary/aromatic N) is 2. The Balaban J connectivity index is 2.09. The molecule has 1 aromatic rings. The molecule has 0 saturated carbocycles. The van der Waals surface area contributed by atoms with Crippen molar-refractivity contribution in [3.63, 3.8) is 0 Å². The maximum absolute atomic E-state index is 11.4. The van der Waals surface area contributed by atoms with E-state index in [1.807, 2.05) is 19.2 Å². The number of anilines is 1. The van der Waals surface area contributed by atoms with Crippen LogP contribution in [0.3, 0.4) is 0 Å². The second kappa shape index (κ2) is 4.64. The summed E-state index contributed by atoms with van der Waals surface area (Å²) in [5.74, 6) is 1.49. The monoisotopic (exact) mass is 218 g/mol. The van der Waals surface area contributed by atoms with Gasteiger partial charge >= 0.3 is 0 Å². The second-order valence-corrected chi connectivity index (χ2v) is 4.59. The lowest BCUT2D eigenvalue weighted by Crippen LogP contribution is -2.38. The third-order valence-electron chi connectivity index (χ3n) is 3.22. The van der Waals surface area contributed by atoms with Crippen LogP contribution in [0.4, 0.5) is 5.82 Å². The number of aryl methyl sites for hydroxylation is 1. The highest BCUT2D eigenvalue weighted by Gasteiger charge is 2.23. The number of piperidine rings is 1. The van der Waals surface area contributed by atoms with Gasteiger partial charge in [0.1, 0.15) is 11.6 Å². The van der Waals surface area contributed by atoms with Gasteiger partial charge in [-0.2, -0.15) is 0 Å². The van der Waals surface area contributed by atoms with Crippen molar-refractivity contribution in [2.24, 2.45) is 5.92 Å². The van der Waals surface area contributed by atoms with Crippen molar-refractivity contribution >= 4 is 11.6 Å². The van der Waals surface area contributed by atoms with Crippen molar-refractivity contribution in [2.45, 2.75) is 26.7 Å². The lowest BCUT2D eigenvalue weighted by atomic mass is 9.94. The summed E-state index contributed by atoms with van der Waals surface area (Å²) in [5.41, 5.74) is 1.17. The maximum Gasteiger partial charge on any atom is 0.134 e. The predicted molar refractivity (Wildman–Crippen MR) is 64.6 cm³/mol. The lowest BCUT2D eigenvalue weighted by Gasteiger charge is -2.32. The van der Waals surface area contributed by atoms with Gasteiger partial charge in [-0.1, -0.05) is 6.07 Å². The van der Waals surface area contributed by atoms with E-state index in [0.717, 1.165) is 31.7 Å². The molecule has 0 radical (unpaired) electrons. The molecule has 0 aromatic carbocycles. The summed E-state index contributed by atoms with van der Waals surface area (Å²) in [6.45, 7) is 5.56. The first-order valence-electron chi connectivity index (χ1n) is 5.85. The van der Waals surface area contributed by atoms with Gasteiger partial charge in [0, 0.05) is 25.2 Å². The van der Waals surface area contributed by atoms with Gasteiger partial charge in [0.05, 0.1) is 0 Å². The van der Waals surface area contributed by atoms with Crippen LogP contribution in [0.15, 0.2) is 18.3 Å². The number of carbonyl (C=O) groups is 1. The molecule has 0 bridgehead atoms. The number of Topliss-reactive ketones (excluding diaryl/α,β-unsaturated/α-hetero) is 1. The van der Waals surface area contributed by atoms with Crippen LogP contribution >= 0.6 is 0 Å². The van der Waals surface area contributed by atoms with Crippen molar-refractivity contribution in [1.82, 2.24) is 4.98 Å². The molecule has 16 heavy (non-hydrogen) atoms. The fourth-order valence-corrected chi connectivity index (χ4v) is 2.16. The first-order valence-corrected chi connectivity index (χ1v) is 5.85. The fourth-order valence-electron chi connectivity index (χ4n) is 2.16. The molecule has 2 rings (SSSR count). The van der Waals surface area contributed by atoms with Crippen LogP contribution in [0, 0.1) is 12.8 Å². The average Bonchev–Trinajstić information content (AvgIpc) is 2.30. The number of rotatable bonds is 2. The molecule has 86 valence electrons. The largest absolute Gasteiger partial charge is 0.356 e. The van der Waals surface area contributed by atoms with E-state index in [0.29, 0.717) is 5.78 Å². The second-order valence-electron chi connectivity index (χ2n) is 4.59. The van der Waals surface area contributed by atoms with Crippen molar-refractivity contribution in [1.29, 1.82) is 0 Å². The third kappa shape index (κ3) is 2.40. The van der Waals surface area contributed by atoms with Gasteiger partial charge in [-0.05, 0) is 38.3 Å². The van der Waals surface area contributed by atoms with Crippen LogP contribution in [0.1, 0.15) is 25.3 Å². The first kappa shape index (κ1) is 11.1. The minimum atomic E-state index is 0.192. The SMILES string of the molecule is CC(=O)C1CCCN(c2ccc(C)cn2)C1. The van der Waals surface area contributed by atoms with Gasteiger partial charge < -0.3 is 4.90 Å². The lowest BCUT2D eigenvalue weighted by molar-refractivity contribution is -0.120. The number of aromatic nitrogens is 1. The van der Waals surface area contributed by atoms with Crippen LogP contribution < -0.4 is 4.90 Å². The Morgan fingerprint density at radius 3 is 2.94 bits per heavy atom.